The van der Waals surface area contributed by atoms with E-state index >= 15 is 0 Å². The van der Waals surface area contributed by atoms with Gasteiger partial charge in [-0.1, -0.05) is 132 Å². The largest absolute Gasteiger partial charge is 0.309 e. The Bertz CT molecular complexity index is 3030. The van der Waals surface area contributed by atoms with Crippen LogP contribution in [0, 0.1) is 0 Å². The van der Waals surface area contributed by atoms with Gasteiger partial charge in [0.05, 0.1) is 11.0 Å². The summed E-state index contributed by atoms with van der Waals surface area (Å²) in [5.74, 6) is -0.244. The number of rotatable bonds is 2. The average Bonchev–Trinajstić information content (AvgIpc) is 3.50. The zero-order valence-electron chi connectivity index (χ0n) is 36.7. The molecule has 1 aliphatic carbocycles. The Balaban J connectivity index is 1.18. The second-order valence-electron chi connectivity index (χ2n) is 21.1. The van der Waals surface area contributed by atoms with Gasteiger partial charge < -0.3 is 4.57 Å². The van der Waals surface area contributed by atoms with Crippen molar-refractivity contribution in [2.75, 3.05) is 0 Å². The second-order valence-corrected chi connectivity index (χ2v) is 21.1. The lowest BCUT2D eigenvalue weighted by atomic mass is 9.80. The summed E-state index contributed by atoms with van der Waals surface area (Å²) in [6, 6.07) is 41.0. The Morgan fingerprint density at radius 1 is 0.339 bits per heavy atom. The maximum Gasteiger partial charge on any atom is 0.194 e. The minimum absolute atomic E-state index is 0.0105. The monoisotopic (exact) mass is 773 g/mol. The van der Waals surface area contributed by atoms with Crippen LogP contribution in [-0.4, -0.2) is 16.1 Å². The van der Waals surface area contributed by atoms with E-state index in [2.05, 4.69) is 167 Å². The minimum Gasteiger partial charge on any atom is -0.309 e. The number of hydrogen-bond acceptors (Lipinski definition) is 2. The maximum atomic E-state index is 14.5. The fourth-order valence-electron chi connectivity index (χ4n) is 9.00. The summed E-state index contributed by atoms with van der Waals surface area (Å²) in [6.07, 6.45) is 0. The molecule has 1 heterocycles. The SMILES string of the molecule is CC(C)(C)c1ccc2cc(-c3ccc4c(c3)C(=O)c3ccc(-n5c6ccc(C(C)(C)C)cc6c6cc(C(C)(C)C)ccc65)cc3C4=O)c3ccc(C(C)(C)C)cc3c2c1. The highest BCUT2D eigenvalue weighted by Crippen LogP contribution is 2.42. The van der Waals surface area contributed by atoms with Crippen molar-refractivity contribution in [1.82, 2.24) is 4.57 Å². The number of fused-ring (bicyclic) bond motifs is 8. The predicted molar refractivity (Wildman–Crippen MR) is 249 cm³/mol. The summed E-state index contributed by atoms with van der Waals surface area (Å²) >= 11 is 0. The lowest BCUT2D eigenvalue weighted by molar-refractivity contribution is 0.0979. The Morgan fingerprint density at radius 3 is 1.31 bits per heavy atom. The fraction of sp³-hybridized carbons (Fsp3) is 0.286. The van der Waals surface area contributed by atoms with Crippen molar-refractivity contribution in [1.29, 1.82) is 0 Å². The predicted octanol–water partition coefficient (Wildman–Crippen LogP) is 14.7. The van der Waals surface area contributed by atoms with Crippen LogP contribution >= 0.6 is 0 Å². The molecule has 0 amide bonds. The van der Waals surface area contributed by atoms with Crippen LogP contribution in [0.1, 0.15) is 137 Å². The van der Waals surface area contributed by atoms with Crippen molar-refractivity contribution in [2.24, 2.45) is 0 Å². The highest BCUT2D eigenvalue weighted by molar-refractivity contribution is 6.29. The third-order valence-electron chi connectivity index (χ3n) is 12.8. The number of aromatic nitrogens is 1. The van der Waals surface area contributed by atoms with Crippen molar-refractivity contribution in [2.45, 2.75) is 105 Å². The molecular formula is C56H55NO2. The number of nitrogens with zero attached hydrogens (tertiary/aromatic N) is 1. The molecular weight excluding hydrogens is 719 g/mol. The highest BCUT2D eigenvalue weighted by atomic mass is 16.1. The standard InChI is InChI=1S/C56H55NO2/c1-53(2,3)34-15-13-32-25-42(39-21-16-35(54(4,5)6)28-44(39)43(32)27-34)33-14-20-40-47(26-33)51(58)41-22-19-38(31-48(41)52(40)59)57-49-23-17-36(55(7,8)9)29-45(49)46-30-37(56(10,11)12)18-24-50(46)57/h13-31H,1-12H3. The zero-order chi connectivity index (χ0) is 42.1. The lowest BCUT2D eigenvalue weighted by Gasteiger charge is -2.23. The molecule has 9 rings (SSSR count). The Hall–Kier alpha value is -5.80. The van der Waals surface area contributed by atoms with Gasteiger partial charge in [0.15, 0.2) is 11.6 Å². The van der Waals surface area contributed by atoms with Crippen LogP contribution in [0.2, 0.25) is 0 Å². The first-order chi connectivity index (χ1) is 27.6. The van der Waals surface area contributed by atoms with Crippen LogP contribution in [-0.2, 0) is 21.7 Å². The van der Waals surface area contributed by atoms with E-state index in [1.165, 1.54) is 43.8 Å². The summed E-state index contributed by atoms with van der Waals surface area (Å²) in [7, 11) is 0. The van der Waals surface area contributed by atoms with Gasteiger partial charge in [-0.25, -0.2) is 0 Å². The summed E-state index contributed by atoms with van der Waals surface area (Å²) in [4.78, 5) is 29.1. The molecule has 0 bridgehead atoms. The molecule has 8 aromatic rings. The smallest absolute Gasteiger partial charge is 0.194 e. The van der Waals surface area contributed by atoms with Crippen molar-refractivity contribution >= 4 is 54.9 Å². The van der Waals surface area contributed by atoms with Crippen molar-refractivity contribution in [3.8, 4) is 16.8 Å². The van der Waals surface area contributed by atoms with E-state index in [1.54, 1.807) is 0 Å². The van der Waals surface area contributed by atoms with Gasteiger partial charge in [0.2, 0.25) is 0 Å². The van der Waals surface area contributed by atoms with E-state index in [-0.39, 0.29) is 33.2 Å². The molecule has 0 aliphatic heterocycles. The fourth-order valence-corrected chi connectivity index (χ4v) is 9.00. The molecule has 0 saturated heterocycles. The quantitative estimate of drug-likeness (QED) is 0.164. The first-order valence-corrected chi connectivity index (χ1v) is 21.1. The molecule has 0 unspecified atom stereocenters. The highest BCUT2D eigenvalue weighted by Gasteiger charge is 2.31. The molecule has 296 valence electrons. The Morgan fingerprint density at radius 2 is 0.780 bits per heavy atom. The molecule has 59 heavy (non-hydrogen) atoms. The third-order valence-corrected chi connectivity index (χ3v) is 12.8. The molecule has 3 nitrogen and oxygen atoms in total. The summed E-state index contributed by atoms with van der Waals surface area (Å²) in [5.41, 5.74) is 11.9. The van der Waals surface area contributed by atoms with Gasteiger partial charge in [-0.05, 0) is 143 Å². The maximum absolute atomic E-state index is 14.5. The van der Waals surface area contributed by atoms with E-state index in [4.69, 9.17) is 0 Å². The normalized spacial score (nSPS) is 13.8. The van der Waals surface area contributed by atoms with Gasteiger partial charge >= 0.3 is 0 Å². The molecule has 0 fully saturated rings. The van der Waals surface area contributed by atoms with Crippen LogP contribution in [0.5, 0.6) is 0 Å². The number of carbonyl (C=O) groups excluding carboxylic acids is 2. The Kier molecular flexibility index (Phi) is 8.43. The molecule has 0 spiro atoms. The van der Waals surface area contributed by atoms with Crippen LogP contribution in [0.25, 0.3) is 60.2 Å². The first kappa shape index (κ1) is 38.7. The molecule has 0 atom stereocenters. The Labute approximate surface area is 349 Å². The summed E-state index contributed by atoms with van der Waals surface area (Å²) in [5, 5.41) is 7.07. The molecule has 1 aliphatic rings. The summed E-state index contributed by atoms with van der Waals surface area (Å²) < 4.78 is 2.25. The van der Waals surface area contributed by atoms with Crippen LogP contribution in [0.3, 0.4) is 0 Å². The van der Waals surface area contributed by atoms with Crippen molar-refractivity contribution in [3.05, 3.63) is 160 Å². The van der Waals surface area contributed by atoms with E-state index < -0.39 is 0 Å². The molecule has 0 saturated carbocycles. The van der Waals surface area contributed by atoms with Crippen LogP contribution in [0.4, 0.5) is 0 Å². The van der Waals surface area contributed by atoms with Crippen LogP contribution in [0.15, 0.2) is 115 Å². The van der Waals surface area contributed by atoms with Gasteiger partial charge in [0, 0.05) is 38.7 Å². The second kappa shape index (κ2) is 12.8. The number of carbonyl (C=O) groups is 2. The molecule has 1 aromatic heterocycles. The minimum atomic E-state index is -0.123. The zero-order valence-corrected chi connectivity index (χ0v) is 36.7. The summed E-state index contributed by atoms with van der Waals surface area (Å²) in [6.45, 7) is 27.0. The number of benzene rings is 7. The van der Waals surface area contributed by atoms with Gasteiger partial charge in [0.1, 0.15) is 0 Å². The van der Waals surface area contributed by atoms with Gasteiger partial charge in [-0.2, -0.15) is 0 Å². The number of ketones is 2. The van der Waals surface area contributed by atoms with E-state index in [0.29, 0.717) is 22.3 Å². The van der Waals surface area contributed by atoms with E-state index in [9.17, 15) is 9.59 Å². The molecule has 0 radical (unpaired) electrons. The van der Waals surface area contributed by atoms with Crippen molar-refractivity contribution < 1.29 is 9.59 Å². The van der Waals surface area contributed by atoms with Gasteiger partial charge in [-0.3, -0.25) is 9.59 Å². The van der Waals surface area contributed by atoms with Gasteiger partial charge in [0.25, 0.3) is 0 Å². The molecule has 7 aromatic carbocycles. The topological polar surface area (TPSA) is 39.1 Å². The van der Waals surface area contributed by atoms with Crippen molar-refractivity contribution in [3.63, 3.8) is 0 Å². The van der Waals surface area contributed by atoms with E-state index in [0.717, 1.165) is 38.6 Å². The average molecular weight is 774 g/mol. The van der Waals surface area contributed by atoms with Gasteiger partial charge in [-0.15, -0.1) is 0 Å². The lowest BCUT2D eigenvalue weighted by Crippen LogP contribution is -2.21. The van der Waals surface area contributed by atoms with Crippen LogP contribution < -0.4 is 0 Å². The molecule has 3 heteroatoms. The van der Waals surface area contributed by atoms with E-state index in [1.807, 2.05) is 36.4 Å². The molecule has 0 N–H and O–H groups in total. The third kappa shape index (κ3) is 6.33. The number of hydrogen-bond donors (Lipinski definition) is 0. The first-order valence-electron chi connectivity index (χ1n) is 21.1.